The fraction of sp³-hybridized carbons (Fsp3) is 1.00. The lowest BCUT2D eigenvalue weighted by Crippen LogP contribution is -2.26. The quantitative estimate of drug-likeness (QED) is 0.494. The Hall–Kier alpha value is -0.0400. The molecule has 0 aromatic rings. The van der Waals surface area contributed by atoms with Crippen LogP contribution in [0.5, 0.6) is 0 Å². The van der Waals surface area contributed by atoms with E-state index in [1.807, 2.05) is 0 Å². The molecule has 0 spiro atoms. The molecule has 0 saturated carbocycles. The lowest BCUT2D eigenvalue weighted by molar-refractivity contribution is 0.258. The van der Waals surface area contributed by atoms with Gasteiger partial charge in [0.15, 0.2) is 0 Å². The summed E-state index contributed by atoms with van der Waals surface area (Å²) in [7, 11) is 0. The van der Waals surface area contributed by atoms with Gasteiger partial charge in [-0.1, -0.05) is 47.0 Å². The molecule has 16 heavy (non-hydrogen) atoms. The van der Waals surface area contributed by atoms with Gasteiger partial charge in [0.2, 0.25) is 0 Å². The first-order chi connectivity index (χ1) is 7.78. The number of nitrogens with zero attached hydrogens (tertiary/aromatic N) is 1. The first kappa shape index (κ1) is 16.0. The van der Waals surface area contributed by atoms with Gasteiger partial charge in [0, 0.05) is 0 Å². The highest BCUT2D eigenvalue weighted by atomic mass is 15.1. The summed E-state index contributed by atoms with van der Waals surface area (Å²) in [4.78, 5) is 2.64. The molecule has 98 valence electrons. The zero-order valence-electron chi connectivity index (χ0n) is 12.1. The predicted octanol–water partition coefficient (Wildman–Crippen LogP) is 4.71. The first-order valence-corrected chi connectivity index (χ1v) is 7.50. The van der Waals surface area contributed by atoms with Crippen molar-refractivity contribution in [1.82, 2.24) is 4.90 Å². The molecule has 0 bridgehead atoms. The molecule has 0 aromatic carbocycles. The van der Waals surface area contributed by atoms with Crippen LogP contribution in [0, 0.1) is 5.92 Å². The fourth-order valence-electron chi connectivity index (χ4n) is 2.53. The lowest BCUT2D eigenvalue weighted by Gasteiger charge is -2.22. The van der Waals surface area contributed by atoms with Gasteiger partial charge < -0.3 is 4.90 Å². The average molecular weight is 227 g/mol. The highest BCUT2D eigenvalue weighted by molar-refractivity contribution is 4.61. The molecule has 0 fully saturated rings. The Morgan fingerprint density at radius 3 is 1.81 bits per heavy atom. The van der Waals surface area contributed by atoms with Gasteiger partial charge in [0.25, 0.3) is 0 Å². The molecule has 1 unspecified atom stereocenters. The van der Waals surface area contributed by atoms with E-state index in [-0.39, 0.29) is 0 Å². The molecule has 1 atom stereocenters. The summed E-state index contributed by atoms with van der Waals surface area (Å²) in [5.41, 5.74) is 0. The largest absolute Gasteiger partial charge is 0.303 e. The minimum atomic E-state index is 0.982. The minimum Gasteiger partial charge on any atom is -0.303 e. The molecular weight excluding hydrogens is 194 g/mol. The highest BCUT2D eigenvalue weighted by Crippen LogP contribution is 2.17. The molecule has 0 aliphatic heterocycles. The Kier molecular flexibility index (Phi) is 11.4. The van der Waals surface area contributed by atoms with E-state index in [1.54, 1.807) is 0 Å². The molecule has 0 aromatic heterocycles. The summed E-state index contributed by atoms with van der Waals surface area (Å²) >= 11 is 0. The second kappa shape index (κ2) is 11.4. The molecule has 1 heteroatoms. The summed E-state index contributed by atoms with van der Waals surface area (Å²) in [6, 6.07) is 0. The molecule has 0 rings (SSSR count). The van der Waals surface area contributed by atoms with E-state index < -0.39 is 0 Å². The SMILES string of the molecule is CCCC(CC)CCCN(CCC)CCC. The van der Waals surface area contributed by atoms with Crippen molar-refractivity contribution in [2.45, 2.75) is 72.6 Å². The third-order valence-electron chi connectivity index (χ3n) is 3.44. The van der Waals surface area contributed by atoms with Gasteiger partial charge in [-0.15, -0.1) is 0 Å². The standard InChI is InChI=1S/C15H33N/c1-5-10-15(8-4)11-9-14-16(12-6-2)13-7-3/h15H,5-14H2,1-4H3. The molecule has 0 N–H and O–H groups in total. The van der Waals surface area contributed by atoms with Crippen LogP contribution in [0.25, 0.3) is 0 Å². The second-order valence-electron chi connectivity index (χ2n) is 5.05. The molecule has 1 nitrogen and oxygen atoms in total. The van der Waals surface area contributed by atoms with Crippen molar-refractivity contribution in [3.05, 3.63) is 0 Å². The van der Waals surface area contributed by atoms with Gasteiger partial charge in [-0.05, 0) is 51.2 Å². The van der Waals surface area contributed by atoms with Crippen LogP contribution in [0.15, 0.2) is 0 Å². The number of hydrogen-bond acceptors (Lipinski definition) is 1. The predicted molar refractivity (Wildman–Crippen MR) is 74.9 cm³/mol. The Labute approximate surface area is 104 Å². The van der Waals surface area contributed by atoms with E-state index in [4.69, 9.17) is 0 Å². The van der Waals surface area contributed by atoms with E-state index in [0.29, 0.717) is 0 Å². The Bertz CT molecular complexity index is 127. The smallest absolute Gasteiger partial charge is 0.00186 e. The van der Waals surface area contributed by atoms with Gasteiger partial charge in [-0.25, -0.2) is 0 Å². The van der Waals surface area contributed by atoms with Crippen molar-refractivity contribution in [2.24, 2.45) is 5.92 Å². The van der Waals surface area contributed by atoms with Crippen LogP contribution < -0.4 is 0 Å². The topological polar surface area (TPSA) is 3.24 Å². The highest BCUT2D eigenvalue weighted by Gasteiger charge is 2.07. The average Bonchev–Trinajstić information content (AvgIpc) is 2.28. The Morgan fingerprint density at radius 2 is 1.38 bits per heavy atom. The van der Waals surface area contributed by atoms with Crippen molar-refractivity contribution in [2.75, 3.05) is 19.6 Å². The summed E-state index contributed by atoms with van der Waals surface area (Å²) in [5, 5.41) is 0. The molecule has 0 aliphatic rings. The van der Waals surface area contributed by atoms with Crippen LogP contribution in [-0.4, -0.2) is 24.5 Å². The maximum atomic E-state index is 2.64. The van der Waals surface area contributed by atoms with Crippen LogP contribution in [0.2, 0.25) is 0 Å². The number of hydrogen-bond donors (Lipinski definition) is 0. The van der Waals surface area contributed by atoms with E-state index in [9.17, 15) is 0 Å². The van der Waals surface area contributed by atoms with Gasteiger partial charge in [0.05, 0.1) is 0 Å². The van der Waals surface area contributed by atoms with E-state index >= 15 is 0 Å². The van der Waals surface area contributed by atoms with Crippen molar-refractivity contribution >= 4 is 0 Å². The Balaban J connectivity index is 3.65. The van der Waals surface area contributed by atoms with Crippen LogP contribution in [0.1, 0.15) is 72.6 Å². The van der Waals surface area contributed by atoms with E-state index in [0.717, 1.165) is 5.92 Å². The Morgan fingerprint density at radius 1 is 0.750 bits per heavy atom. The summed E-state index contributed by atoms with van der Waals surface area (Å²) in [6.07, 6.45) is 9.59. The van der Waals surface area contributed by atoms with Gasteiger partial charge >= 0.3 is 0 Å². The van der Waals surface area contributed by atoms with Crippen LogP contribution >= 0.6 is 0 Å². The minimum absolute atomic E-state index is 0.982. The van der Waals surface area contributed by atoms with E-state index in [2.05, 4.69) is 32.6 Å². The van der Waals surface area contributed by atoms with Gasteiger partial charge in [0.1, 0.15) is 0 Å². The maximum absolute atomic E-state index is 2.64. The third-order valence-corrected chi connectivity index (χ3v) is 3.44. The zero-order chi connectivity index (χ0) is 12.2. The molecule has 0 aliphatic carbocycles. The maximum Gasteiger partial charge on any atom is -0.00186 e. The third kappa shape index (κ3) is 8.15. The summed E-state index contributed by atoms with van der Waals surface area (Å²) in [5.74, 6) is 0.982. The normalized spacial score (nSPS) is 13.3. The van der Waals surface area contributed by atoms with Crippen molar-refractivity contribution in [3.63, 3.8) is 0 Å². The molecule has 0 radical (unpaired) electrons. The monoisotopic (exact) mass is 227 g/mol. The van der Waals surface area contributed by atoms with Gasteiger partial charge in [-0.3, -0.25) is 0 Å². The summed E-state index contributed by atoms with van der Waals surface area (Å²) in [6.45, 7) is 13.1. The van der Waals surface area contributed by atoms with Crippen LogP contribution in [-0.2, 0) is 0 Å². The molecule has 0 saturated heterocycles. The first-order valence-electron chi connectivity index (χ1n) is 7.50. The summed E-state index contributed by atoms with van der Waals surface area (Å²) < 4.78 is 0. The van der Waals surface area contributed by atoms with Crippen molar-refractivity contribution < 1.29 is 0 Å². The zero-order valence-corrected chi connectivity index (χ0v) is 12.1. The lowest BCUT2D eigenvalue weighted by atomic mass is 9.95. The number of rotatable bonds is 11. The molecule has 0 heterocycles. The van der Waals surface area contributed by atoms with Crippen molar-refractivity contribution in [3.8, 4) is 0 Å². The van der Waals surface area contributed by atoms with E-state index in [1.165, 1.54) is 64.6 Å². The van der Waals surface area contributed by atoms with Crippen molar-refractivity contribution in [1.29, 1.82) is 0 Å². The fourth-order valence-corrected chi connectivity index (χ4v) is 2.53. The van der Waals surface area contributed by atoms with Gasteiger partial charge in [-0.2, -0.15) is 0 Å². The second-order valence-corrected chi connectivity index (χ2v) is 5.05. The molecular formula is C15H33N. The molecule has 0 amide bonds. The van der Waals surface area contributed by atoms with Crippen LogP contribution in [0.3, 0.4) is 0 Å². The van der Waals surface area contributed by atoms with Crippen LogP contribution in [0.4, 0.5) is 0 Å².